The summed E-state index contributed by atoms with van der Waals surface area (Å²) >= 11 is 0. The summed E-state index contributed by atoms with van der Waals surface area (Å²) in [6.45, 7) is 4.57. The number of oxime groups is 1. The van der Waals surface area contributed by atoms with E-state index in [1.54, 1.807) is 18.2 Å². The number of nitrogens with one attached hydrogen (secondary N) is 1. The third-order valence-corrected chi connectivity index (χ3v) is 3.98. The van der Waals surface area contributed by atoms with Crippen molar-refractivity contribution in [2.45, 2.75) is 12.5 Å². The number of benzene rings is 1. The van der Waals surface area contributed by atoms with Crippen LogP contribution in [0.15, 0.2) is 29.4 Å². The molecule has 1 aromatic carbocycles. The Labute approximate surface area is 134 Å². The maximum absolute atomic E-state index is 13.7. The van der Waals surface area contributed by atoms with Crippen LogP contribution in [0.25, 0.3) is 0 Å². The molecule has 1 N–H and O–H groups in total. The van der Waals surface area contributed by atoms with Gasteiger partial charge in [-0.25, -0.2) is 4.39 Å². The van der Waals surface area contributed by atoms with Crippen LogP contribution >= 0.6 is 0 Å². The van der Waals surface area contributed by atoms with Crippen LogP contribution in [0.4, 0.5) is 4.39 Å². The SMILES string of the molecule is O=C(NCCN1CCOCC1)C1CC(c2ccccc2F)=NO1. The zero-order chi connectivity index (χ0) is 16.1. The predicted octanol–water partition coefficient (Wildman–Crippen LogP) is 0.767. The fourth-order valence-electron chi connectivity index (χ4n) is 2.65. The molecule has 0 bridgehead atoms. The number of morpholine rings is 1. The van der Waals surface area contributed by atoms with Crippen LogP contribution in [0.1, 0.15) is 12.0 Å². The molecule has 124 valence electrons. The quantitative estimate of drug-likeness (QED) is 0.870. The van der Waals surface area contributed by atoms with Crippen LogP contribution in [0, 0.1) is 5.82 Å². The van der Waals surface area contributed by atoms with E-state index in [1.807, 2.05) is 0 Å². The van der Waals surface area contributed by atoms with Crippen molar-refractivity contribution in [1.82, 2.24) is 10.2 Å². The summed E-state index contributed by atoms with van der Waals surface area (Å²) in [5.74, 6) is -0.573. The fraction of sp³-hybridized carbons (Fsp3) is 0.500. The number of hydrogen-bond acceptors (Lipinski definition) is 5. The Bertz CT molecular complexity index is 588. The number of ether oxygens (including phenoxy) is 1. The summed E-state index contributed by atoms with van der Waals surface area (Å²) < 4.78 is 19.0. The second-order valence-electron chi connectivity index (χ2n) is 5.56. The van der Waals surface area contributed by atoms with Gasteiger partial charge in [-0.05, 0) is 6.07 Å². The summed E-state index contributed by atoms with van der Waals surface area (Å²) in [5, 5.41) is 6.70. The molecule has 1 saturated heterocycles. The van der Waals surface area contributed by atoms with E-state index >= 15 is 0 Å². The van der Waals surface area contributed by atoms with Crippen molar-refractivity contribution >= 4 is 11.6 Å². The largest absolute Gasteiger partial charge is 0.382 e. The summed E-state index contributed by atoms with van der Waals surface area (Å²) in [6, 6.07) is 6.35. The molecule has 0 spiro atoms. The Morgan fingerprint density at radius 2 is 2.13 bits per heavy atom. The lowest BCUT2D eigenvalue weighted by Crippen LogP contribution is -2.43. The van der Waals surface area contributed by atoms with Gasteiger partial charge in [0.05, 0.1) is 18.9 Å². The van der Waals surface area contributed by atoms with Gasteiger partial charge in [0.25, 0.3) is 5.91 Å². The maximum atomic E-state index is 13.7. The molecule has 1 unspecified atom stereocenters. The smallest absolute Gasteiger partial charge is 0.264 e. The second-order valence-corrected chi connectivity index (χ2v) is 5.56. The molecule has 2 aliphatic heterocycles. The zero-order valence-corrected chi connectivity index (χ0v) is 12.8. The lowest BCUT2D eigenvalue weighted by atomic mass is 10.0. The Morgan fingerprint density at radius 3 is 2.91 bits per heavy atom. The molecule has 3 rings (SSSR count). The Hall–Kier alpha value is -1.99. The maximum Gasteiger partial charge on any atom is 0.264 e. The van der Waals surface area contributed by atoms with Crippen molar-refractivity contribution < 1.29 is 18.8 Å². The van der Waals surface area contributed by atoms with Crippen molar-refractivity contribution in [1.29, 1.82) is 0 Å². The highest BCUT2D eigenvalue weighted by molar-refractivity contribution is 6.04. The average Bonchev–Trinajstić information content (AvgIpc) is 3.06. The zero-order valence-electron chi connectivity index (χ0n) is 12.8. The van der Waals surface area contributed by atoms with Gasteiger partial charge < -0.3 is 14.9 Å². The highest BCUT2D eigenvalue weighted by Gasteiger charge is 2.29. The molecule has 23 heavy (non-hydrogen) atoms. The van der Waals surface area contributed by atoms with Crippen LogP contribution in [0.2, 0.25) is 0 Å². The van der Waals surface area contributed by atoms with Crippen LogP contribution < -0.4 is 5.32 Å². The van der Waals surface area contributed by atoms with Crippen LogP contribution in [-0.4, -0.2) is 62.0 Å². The van der Waals surface area contributed by atoms with Gasteiger partial charge in [0, 0.05) is 38.2 Å². The molecule has 2 heterocycles. The van der Waals surface area contributed by atoms with Gasteiger partial charge in [-0.1, -0.05) is 23.4 Å². The molecule has 0 saturated carbocycles. The van der Waals surface area contributed by atoms with Gasteiger partial charge in [-0.2, -0.15) is 0 Å². The first-order chi connectivity index (χ1) is 11.2. The molecule has 0 aromatic heterocycles. The standard InChI is InChI=1S/C16H20FN3O3/c17-13-4-2-1-3-12(13)14-11-15(23-19-14)16(21)18-5-6-20-7-9-22-10-8-20/h1-4,15H,5-11H2,(H,18,21). The summed E-state index contributed by atoms with van der Waals surface area (Å²) in [5.41, 5.74) is 0.854. The van der Waals surface area contributed by atoms with E-state index in [-0.39, 0.29) is 18.1 Å². The first-order valence-electron chi connectivity index (χ1n) is 7.79. The van der Waals surface area contributed by atoms with Crippen LogP contribution in [0.3, 0.4) is 0 Å². The van der Waals surface area contributed by atoms with E-state index in [0.717, 1.165) is 32.8 Å². The number of amides is 1. The molecule has 1 aromatic rings. The predicted molar refractivity (Wildman–Crippen MR) is 82.7 cm³/mol. The molecule has 0 aliphatic carbocycles. The van der Waals surface area contributed by atoms with Gasteiger partial charge in [0.15, 0.2) is 0 Å². The van der Waals surface area contributed by atoms with E-state index in [1.165, 1.54) is 6.07 Å². The fourth-order valence-corrected chi connectivity index (χ4v) is 2.65. The Kier molecular flexibility index (Phi) is 5.19. The second kappa shape index (κ2) is 7.52. The van der Waals surface area contributed by atoms with Gasteiger partial charge in [0.1, 0.15) is 5.82 Å². The molecule has 2 aliphatic rings. The molecule has 1 atom stereocenters. The lowest BCUT2D eigenvalue weighted by molar-refractivity contribution is -0.131. The van der Waals surface area contributed by atoms with Crippen molar-refractivity contribution in [3.8, 4) is 0 Å². The molecular formula is C16H20FN3O3. The monoisotopic (exact) mass is 321 g/mol. The Balaban J connectivity index is 1.44. The number of halogens is 1. The van der Waals surface area contributed by atoms with Crippen LogP contribution in [-0.2, 0) is 14.4 Å². The normalized spacial score (nSPS) is 21.6. The number of rotatable bonds is 5. The molecular weight excluding hydrogens is 301 g/mol. The summed E-state index contributed by atoms with van der Waals surface area (Å²) in [4.78, 5) is 19.5. The van der Waals surface area contributed by atoms with E-state index in [9.17, 15) is 9.18 Å². The van der Waals surface area contributed by atoms with Crippen molar-refractivity contribution in [3.05, 3.63) is 35.6 Å². The minimum atomic E-state index is -0.686. The third-order valence-electron chi connectivity index (χ3n) is 3.98. The van der Waals surface area contributed by atoms with E-state index in [0.29, 0.717) is 17.8 Å². The van der Waals surface area contributed by atoms with Gasteiger partial charge in [-0.15, -0.1) is 0 Å². The van der Waals surface area contributed by atoms with Crippen molar-refractivity contribution in [2.75, 3.05) is 39.4 Å². The van der Waals surface area contributed by atoms with Gasteiger partial charge in [-0.3, -0.25) is 9.69 Å². The molecule has 6 nitrogen and oxygen atoms in total. The number of carbonyl (C=O) groups excluding carboxylic acids is 1. The minimum Gasteiger partial charge on any atom is -0.382 e. The summed E-state index contributed by atoms with van der Waals surface area (Å²) in [7, 11) is 0. The minimum absolute atomic E-state index is 0.214. The molecule has 1 amide bonds. The third kappa shape index (κ3) is 4.05. The summed E-state index contributed by atoms with van der Waals surface area (Å²) in [6.07, 6.45) is -0.404. The average molecular weight is 321 g/mol. The molecule has 1 fully saturated rings. The first kappa shape index (κ1) is 15.9. The van der Waals surface area contributed by atoms with E-state index < -0.39 is 6.10 Å². The topological polar surface area (TPSA) is 63.2 Å². The Morgan fingerprint density at radius 1 is 1.35 bits per heavy atom. The first-order valence-corrected chi connectivity index (χ1v) is 7.79. The highest BCUT2D eigenvalue weighted by atomic mass is 19.1. The van der Waals surface area contributed by atoms with E-state index in [2.05, 4.69) is 15.4 Å². The van der Waals surface area contributed by atoms with Gasteiger partial charge >= 0.3 is 0 Å². The van der Waals surface area contributed by atoms with Crippen molar-refractivity contribution in [2.24, 2.45) is 5.16 Å². The van der Waals surface area contributed by atoms with Crippen molar-refractivity contribution in [3.63, 3.8) is 0 Å². The van der Waals surface area contributed by atoms with Crippen LogP contribution in [0.5, 0.6) is 0 Å². The lowest BCUT2D eigenvalue weighted by Gasteiger charge is -2.26. The number of carbonyl (C=O) groups is 1. The molecule has 0 radical (unpaired) electrons. The highest BCUT2D eigenvalue weighted by Crippen LogP contribution is 2.18. The number of hydrogen-bond donors (Lipinski definition) is 1. The van der Waals surface area contributed by atoms with E-state index in [4.69, 9.17) is 9.57 Å². The van der Waals surface area contributed by atoms with Gasteiger partial charge in [0.2, 0.25) is 6.10 Å². The molecule has 7 heteroatoms. The number of nitrogens with zero attached hydrogens (tertiary/aromatic N) is 2.